The summed E-state index contributed by atoms with van der Waals surface area (Å²) in [6.07, 6.45) is 9.89. The molecule has 2 nitrogen and oxygen atoms in total. The molecule has 0 aromatic heterocycles. The largest absolute Gasteiger partial charge is 0.311 e. The van der Waals surface area contributed by atoms with E-state index in [0.29, 0.717) is 0 Å². The number of unbranched alkanes of at least 4 members (excludes halogenated alkanes) is 2. The second-order valence-electron chi connectivity index (χ2n) is 5.16. The zero-order valence-electron chi connectivity index (χ0n) is 10.2. The van der Waals surface area contributed by atoms with Crippen LogP contribution in [0.25, 0.3) is 0 Å². The van der Waals surface area contributed by atoms with Gasteiger partial charge in [-0.3, -0.25) is 4.90 Å². The van der Waals surface area contributed by atoms with Crippen LogP contribution >= 0.6 is 0 Å². The molecule has 88 valence electrons. The quantitative estimate of drug-likeness (QED) is 0.717. The van der Waals surface area contributed by atoms with Gasteiger partial charge in [-0.1, -0.05) is 32.6 Å². The normalized spacial score (nSPS) is 32.6. The summed E-state index contributed by atoms with van der Waals surface area (Å²) in [7, 11) is 0. The number of nitrogens with one attached hydrogen (secondary N) is 1. The highest BCUT2D eigenvalue weighted by Crippen LogP contribution is 2.25. The summed E-state index contributed by atoms with van der Waals surface area (Å²) in [5.41, 5.74) is 0. The topological polar surface area (TPSA) is 15.3 Å². The van der Waals surface area contributed by atoms with Crippen LogP contribution in [0.15, 0.2) is 0 Å². The van der Waals surface area contributed by atoms with Gasteiger partial charge >= 0.3 is 0 Å². The van der Waals surface area contributed by atoms with Gasteiger partial charge in [-0.05, 0) is 25.8 Å². The third-order valence-electron chi connectivity index (χ3n) is 4.05. The fraction of sp³-hybridized carbons (Fsp3) is 1.00. The summed E-state index contributed by atoms with van der Waals surface area (Å²) in [6, 6.07) is 1.68. The van der Waals surface area contributed by atoms with Gasteiger partial charge in [0.1, 0.15) is 0 Å². The smallest absolute Gasteiger partial charge is 0.0249 e. The number of rotatable bonds is 4. The summed E-state index contributed by atoms with van der Waals surface area (Å²) in [5, 5.41) is 3.70. The van der Waals surface area contributed by atoms with Crippen LogP contribution in [-0.4, -0.2) is 36.6 Å². The Balaban J connectivity index is 1.81. The van der Waals surface area contributed by atoms with Crippen molar-refractivity contribution in [3.05, 3.63) is 0 Å². The van der Waals surface area contributed by atoms with Gasteiger partial charge in [0, 0.05) is 25.2 Å². The van der Waals surface area contributed by atoms with E-state index < -0.39 is 0 Å². The summed E-state index contributed by atoms with van der Waals surface area (Å²) < 4.78 is 0. The Morgan fingerprint density at radius 2 is 2.07 bits per heavy atom. The summed E-state index contributed by atoms with van der Waals surface area (Å²) in [5.74, 6) is 0. The zero-order chi connectivity index (χ0) is 10.5. The molecule has 1 aliphatic heterocycles. The van der Waals surface area contributed by atoms with Gasteiger partial charge in [-0.15, -0.1) is 0 Å². The van der Waals surface area contributed by atoms with Crippen LogP contribution in [0.5, 0.6) is 0 Å². The molecule has 0 aromatic carbocycles. The van der Waals surface area contributed by atoms with Crippen molar-refractivity contribution in [3.63, 3.8) is 0 Å². The number of hydrogen-bond donors (Lipinski definition) is 1. The SMILES string of the molecule is CCCCCN1CCN[C@H]2CCCC[C@@H]21. The summed E-state index contributed by atoms with van der Waals surface area (Å²) >= 11 is 0. The lowest BCUT2D eigenvalue weighted by atomic mass is 9.87. The minimum atomic E-state index is 0.814. The minimum Gasteiger partial charge on any atom is -0.311 e. The first kappa shape index (κ1) is 11.4. The van der Waals surface area contributed by atoms with Crippen molar-refractivity contribution in [2.75, 3.05) is 19.6 Å². The van der Waals surface area contributed by atoms with Crippen molar-refractivity contribution in [2.45, 2.75) is 64.0 Å². The van der Waals surface area contributed by atoms with E-state index in [0.717, 1.165) is 12.1 Å². The molecule has 0 radical (unpaired) electrons. The number of piperazine rings is 1. The van der Waals surface area contributed by atoms with Crippen molar-refractivity contribution in [1.29, 1.82) is 0 Å². The molecule has 0 bridgehead atoms. The first-order valence-electron chi connectivity index (χ1n) is 6.89. The Bertz CT molecular complexity index is 179. The lowest BCUT2D eigenvalue weighted by molar-refractivity contribution is 0.0865. The lowest BCUT2D eigenvalue weighted by Crippen LogP contribution is -2.59. The van der Waals surface area contributed by atoms with Crippen LogP contribution in [0.1, 0.15) is 51.9 Å². The second-order valence-corrected chi connectivity index (χ2v) is 5.16. The highest BCUT2D eigenvalue weighted by atomic mass is 15.2. The Morgan fingerprint density at radius 1 is 1.20 bits per heavy atom. The molecule has 1 N–H and O–H groups in total. The summed E-state index contributed by atoms with van der Waals surface area (Å²) in [4.78, 5) is 2.76. The second kappa shape index (κ2) is 5.86. The molecular weight excluding hydrogens is 184 g/mol. The first-order valence-corrected chi connectivity index (χ1v) is 6.89. The van der Waals surface area contributed by atoms with Gasteiger partial charge in [0.25, 0.3) is 0 Å². The maximum absolute atomic E-state index is 3.70. The van der Waals surface area contributed by atoms with E-state index >= 15 is 0 Å². The Hall–Kier alpha value is -0.0800. The van der Waals surface area contributed by atoms with Gasteiger partial charge in [0.15, 0.2) is 0 Å². The Morgan fingerprint density at radius 3 is 2.93 bits per heavy atom. The molecule has 0 spiro atoms. The Labute approximate surface area is 94.4 Å². The molecule has 2 fully saturated rings. The maximum atomic E-state index is 3.70. The highest BCUT2D eigenvalue weighted by Gasteiger charge is 2.32. The van der Waals surface area contributed by atoms with Crippen LogP contribution in [0.4, 0.5) is 0 Å². The average molecular weight is 210 g/mol. The predicted octanol–water partition coefficient (Wildman–Crippen LogP) is 2.39. The summed E-state index contributed by atoms with van der Waals surface area (Å²) in [6.45, 7) is 6.13. The van der Waals surface area contributed by atoms with Crippen molar-refractivity contribution in [3.8, 4) is 0 Å². The fourth-order valence-electron chi connectivity index (χ4n) is 3.19. The number of hydrogen-bond acceptors (Lipinski definition) is 2. The molecule has 1 heterocycles. The fourth-order valence-corrected chi connectivity index (χ4v) is 3.19. The molecule has 2 heteroatoms. The van der Waals surface area contributed by atoms with E-state index in [1.165, 1.54) is 64.6 Å². The van der Waals surface area contributed by atoms with E-state index in [1.54, 1.807) is 0 Å². The van der Waals surface area contributed by atoms with Gasteiger partial charge in [0.2, 0.25) is 0 Å². The van der Waals surface area contributed by atoms with Crippen LogP contribution in [0.2, 0.25) is 0 Å². The first-order chi connectivity index (χ1) is 7.42. The van der Waals surface area contributed by atoms with Crippen LogP contribution in [0.3, 0.4) is 0 Å². The van der Waals surface area contributed by atoms with E-state index in [-0.39, 0.29) is 0 Å². The van der Waals surface area contributed by atoms with E-state index in [2.05, 4.69) is 17.1 Å². The number of nitrogens with zero attached hydrogens (tertiary/aromatic N) is 1. The molecule has 2 rings (SSSR count). The third kappa shape index (κ3) is 2.94. The van der Waals surface area contributed by atoms with E-state index in [9.17, 15) is 0 Å². The van der Waals surface area contributed by atoms with Gasteiger partial charge in [0.05, 0.1) is 0 Å². The van der Waals surface area contributed by atoms with Crippen molar-refractivity contribution in [2.24, 2.45) is 0 Å². The molecule has 15 heavy (non-hydrogen) atoms. The third-order valence-corrected chi connectivity index (χ3v) is 4.05. The molecule has 0 aromatic rings. The van der Waals surface area contributed by atoms with Crippen molar-refractivity contribution in [1.82, 2.24) is 10.2 Å². The van der Waals surface area contributed by atoms with Gasteiger partial charge in [-0.2, -0.15) is 0 Å². The minimum absolute atomic E-state index is 0.814. The van der Waals surface area contributed by atoms with Crippen LogP contribution in [-0.2, 0) is 0 Å². The molecule has 1 saturated heterocycles. The van der Waals surface area contributed by atoms with Crippen molar-refractivity contribution >= 4 is 0 Å². The molecule has 2 atom stereocenters. The predicted molar refractivity (Wildman–Crippen MR) is 65.1 cm³/mol. The molecule has 1 aliphatic carbocycles. The average Bonchev–Trinajstić information content (AvgIpc) is 2.30. The van der Waals surface area contributed by atoms with Gasteiger partial charge in [-0.25, -0.2) is 0 Å². The highest BCUT2D eigenvalue weighted by molar-refractivity contribution is 4.91. The standard InChI is InChI=1S/C13H26N2/c1-2-3-6-10-15-11-9-14-12-7-4-5-8-13(12)15/h12-14H,2-11H2,1H3/t12-,13-/m0/s1. The molecule has 1 saturated carbocycles. The van der Waals surface area contributed by atoms with E-state index in [4.69, 9.17) is 0 Å². The monoisotopic (exact) mass is 210 g/mol. The molecule has 0 amide bonds. The molecule has 2 aliphatic rings. The van der Waals surface area contributed by atoms with Crippen LogP contribution < -0.4 is 5.32 Å². The molecule has 0 unspecified atom stereocenters. The number of fused-ring (bicyclic) bond motifs is 1. The lowest BCUT2D eigenvalue weighted by Gasteiger charge is -2.44. The zero-order valence-corrected chi connectivity index (χ0v) is 10.2. The van der Waals surface area contributed by atoms with Gasteiger partial charge < -0.3 is 5.32 Å². The van der Waals surface area contributed by atoms with Crippen molar-refractivity contribution < 1.29 is 0 Å². The van der Waals surface area contributed by atoms with Crippen LogP contribution in [0, 0.1) is 0 Å². The Kier molecular flexibility index (Phi) is 4.45. The van der Waals surface area contributed by atoms with E-state index in [1.807, 2.05) is 0 Å². The molecular formula is C13H26N2. The maximum Gasteiger partial charge on any atom is 0.0249 e.